The molecule has 3 rings (SSSR count). The fraction of sp³-hybridized carbons (Fsp3) is 0.632. The highest BCUT2D eigenvalue weighted by Crippen LogP contribution is 2.20. The van der Waals surface area contributed by atoms with E-state index in [4.69, 9.17) is 5.73 Å². The van der Waals surface area contributed by atoms with Crippen molar-refractivity contribution in [1.29, 1.82) is 0 Å². The Morgan fingerprint density at radius 3 is 2.00 bits per heavy atom. The number of carbonyl (C=O) groups excluding carboxylic acids is 1. The van der Waals surface area contributed by atoms with Crippen molar-refractivity contribution in [2.75, 3.05) is 44.2 Å². The number of benzene rings is 1. The van der Waals surface area contributed by atoms with Gasteiger partial charge in [0.1, 0.15) is 0 Å². The average molecular weight is 403 g/mol. The molecule has 1 aromatic rings. The standard InChI is InChI=1S/C19H30N4O.2ClH/c1-15(2)21-11-13-22(14-12-21)18-5-3-16(4-6-18)19(24)23-9-7-17(20)8-10-23;;/h3-6,15,17H,7-14,20H2,1-2H3;2*1H. The van der Waals surface area contributed by atoms with Gasteiger partial charge in [0.05, 0.1) is 0 Å². The van der Waals surface area contributed by atoms with E-state index >= 15 is 0 Å². The minimum atomic E-state index is 0. The predicted octanol–water partition coefficient (Wildman–Crippen LogP) is 2.62. The van der Waals surface area contributed by atoms with Crippen molar-refractivity contribution in [3.05, 3.63) is 29.8 Å². The number of carbonyl (C=O) groups is 1. The zero-order chi connectivity index (χ0) is 17.1. The summed E-state index contributed by atoms with van der Waals surface area (Å²) in [6.07, 6.45) is 1.81. The maximum absolute atomic E-state index is 12.6. The summed E-state index contributed by atoms with van der Waals surface area (Å²) in [6, 6.07) is 9.00. The Bertz CT molecular complexity index is 551. The first-order valence-corrected chi connectivity index (χ1v) is 9.18. The lowest BCUT2D eigenvalue weighted by molar-refractivity contribution is 0.0715. The van der Waals surface area contributed by atoms with Crippen LogP contribution in [0.25, 0.3) is 0 Å². The van der Waals surface area contributed by atoms with Crippen molar-refractivity contribution in [1.82, 2.24) is 9.80 Å². The minimum absolute atomic E-state index is 0. The van der Waals surface area contributed by atoms with Gasteiger partial charge in [-0.05, 0) is 51.0 Å². The van der Waals surface area contributed by atoms with Crippen molar-refractivity contribution in [2.24, 2.45) is 5.73 Å². The summed E-state index contributed by atoms with van der Waals surface area (Å²) >= 11 is 0. The molecule has 0 unspecified atom stereocenters. The van der Waals surface area contributed by atoms with Crippen LogP contribution in [0, 0.1) is 0 Å². The quantitative estimate of drug-likeness (QED) is 0.843. The zero-order valence-corrected chi connectivity index (χ0v) is 17.4. The van der Waals surface area contributed by atoms with Crippen molar-refractivity contribution >= 4 is 36.4 Å². The topological polar surface area (TPSA) is 52.8 Å². The Kier molecular flexibility index (Phi) is 9.17. The Balaban J connectivity index is 0.00000169. The normalized spacial score (nSPS) is 19.1. The van der Waals surface area contributed by atoms with Gasteiger partial charge in [0.25, 0.3) is 5.91 Å². The van der Waals surface area contributed by atoms with Crippen LogP contribution in [-0.2, 0) is 0 Å². The first-order valence-electron chi connectivity index (χ1n) is 9.18. The number of amides is 1. The third-order valence-corrected chi connectivity index (χ3v) is 5.35. The van der Waals surface area contributed by atoms with E-state index in [9.17, 15) is 4.79 Å². The van der Waals surface area contributed by atoms with E-state index in [0.29, 0.717) is 6.04 Å². The van der Waals surface area contributed by atoms with E-state index in [1.54, 1.807) is 0 Å². The van der Waals surface area contributed by atoms with Crippen molar-refractivity contribution in [3.8, 4) is 0 Å². The molecule has 2 N–H and O–H groups in total. The van der Waals surface area contributed by atoms with Gasteiger partial charge in [0.15, 0.2) is 0 Å². The summed E-state index contributed by atoms with van der Waals surface area (Å²) in [6.45, 7) is 10.4. The maximum Gasteiger partial charge on any atom is 0.253 e. The molecule has 0 aromatic heterocycles. The molecule has 1 aromatic carbocycles. The highest BCUT2D eigenvalue weighted by atomic mass is 35.5. The lowest BCUT2D eigenvalue weighted by Crippen LogP contribution is -2.48. The zero-order valence-electron chi connectivity index (χ0n) is 15.8. The smallest absolute Gasteiger partial charge is 0.253 e. The van der Waals surface area contributed by atoms with E-state index in [2.05, 4.69) is 35.8 Å². The van der Waals surface area contributed by atoms with Crippen LogP contribution in [0.3, 0.4) is 0 Å². The number of rotatable bonds is 3. The van der Waals surface area contributed by atoms with Crippen molar-refractivity contribution in [3.63, 3.8) is 0 Å². The van der Waals surface area contributed by atoms with E-state index in [1.165, 1.54) is 5.69 Å². The van der Waals surface area contributed by atoms with Crippen LogP contribution < -0.4 is 10.6 Å². The predicted molar refractivity (Wildman–Crippen MR) is 113 cm³/mol. The molecule has 0 aliphatic carbocycles. The summed E-state index contributed by atoms with van der Waals surface area (Å²) in [7, 11) is 0. The second-order valence-electron chi connectivity index (χ2n) is 7.29. The summed E-state index contributed by atoms with van der Waals surface area (Å²) in [5.74, 6) is 0.137. The number of piperidine rings is 1. The first-order chi connectivity index (χ1) is 11.5. The third kappa shape index (κ3) is 5.49. The van der Waals surface area contributed by atoms with Gasteiger partial charge >= 0.3 is 0 Å². The van der Waals surface area contributed by atoms with Crippen LogP contribution in [0.2, 0.25) is 0 Å². The molecular formula is C19H32Cl2N4O. The molecule has 0 atom stereocenters. The van der Waals surface area contributed by atoms with Gasteiger partial charge in [0.2, 0.25) is 0 Å². The van der Waals surface area contributed by atoms with Crippen LogP contribution in [0.5, 0.6) is 0 Å². The number of nitrogens with zero attached hydrogens (tertiary/aromatic N) is 3. The van der Waals surface area contributed by atoms with E-state index < -0.39 is 0 Å². The highest BCUT2D eigenvalue weighted by molar-refractivity contribution is 5.94. The molecule has 148 valence electrons. The van der Waals surface area contributed by atoms with Gasteiger partial charge in [-0.15, -0.1) is 24.8 Å². The number of hydrogen-bond acceptors (Lipinski definition) is 4. The third-order valence-electron chi connectivity index (χ3n) is 5.35. The first kappa shape index (κ1) is 23.0. The van der Waals surface area contributed by atoms with Crippen molar-refractivity contribution < 1.29 is 4.79 Å². The Labute approximate surface area is 169 Å². The number of piperazine rings is 1. The molecule has 1 amide bonds. The van der Waals surface area contributed by atoms with Crippen LogP contribution in [0.15, 0.2) is 24.3 Å². The molecule has 2 heterocycles. The molecule has 0 bridgehead atoms. The van der Waals surface area contributed by atoms with Crippen LogP contribution in [0.4, 0.5) is 5.69 Å². The number of halogens is 2. The van der Waals surface area contributed by atoms with Gasteiger partial charge < -0.3 is 15.5 Å². The fourth-order valence-corrected chi connectivity index (χ4v) is 3.60. The second kappa shape index (κ2) is 10.4. The van der Waals surface area contributed by atoms with Crippen LogP contribution in [0.1, 0.15) is 37.0 Å². The minimum Gasteiger partial charge on any atom is -0.369 e. The molecule has 7 heteroatoms. The van der Waals surface area contributed by atoms with Crippen LogP contribution in [-0.4, -0.2) is 67.1 Å². The summed E-state index contributed by atoms with van der Waals surface area (Å²) in [4.78, 5) is 19.4. The summed E-state index contributed by atoms with van der Waals surface area (Å²) in [5, 5.41) is 0. The number of nitrogens with two attached hydrogens (primary N) is 1. The summed E-state index contributed by atoms with van der Waals surface area (Å²) < 4.78 is 0. The van der Waals surface area contributed by atoms with Gasteiger partial charge in [-0.1, -0.05) is 0 Å². The van der Waals surface area contributed by atoms with Gasteiger partial charge in [-0.2, -0.15) is 0 Å². The molecule has 2 aliphatic rings. The van der Waals surface area contributed by atoms with Crippen LogP contribution >= 0.6 is 24.8 Å². The molecule has 2 saturated heterocycles. The number of anilines is 1. The fourth-order valence-electron chi connectivity index (χ4n) is 3.60. The molecular weight excluding hydrogens is 371 g/mol. The SMILES string of the molecule is CC(C)N1CCN(c2ccc(C(=O)N3CCC(N)CC3)cc2)CC1.Cl.Cl. The Morgan fingerprint density at radius 2 is 1.50 bits per heavy atom. The molecule has 0 saturated carbocycles. The molecule has 5 nitrogen and oxygen atoms in total. The lowest BCUT2D eigenvalue weighted by atomic mass is 10.0. The molecule has 0 radical (unpaired) electrons. The Morgan fingerprint density at radius 1 is 0.962 bits per heavy atom. The van der Waals surface area contributed by atoms with Gasteiger partial charge in [0, 0.05) is 62.6 Å². The second-order valence-corrected chi connectivity index (χ2v) is 7.29. The lowest BCUT2D eigenvalue weighted by Gasteiger charge is -2.38. The van der Waals surface area contributed by atoms with E-state index in [1.807, 2.05) is 17.0 Å². The number of hydrogen-bond donors (Lipinski definition) is 1. The summed E-state index contributed by atoms with van der Waals surface area (Å²) in [5.41, 5.74) is 7.92. The maximum atomic E-state index is 12.6. The van der Waals surface area contributed by atoms with Gasteiger partial charge in [-0.3, -0.25) is 9.69 Å². The largest absolute Gasteiger partial charge is 0.369 e. The molecule has 2 fully saturated rings. The molecule has 2 aliphatic heterocycles. The average Bonchev–Trinajstić information content (AvgIpc) is 2.62. The highest BCUT2D eigenvalue weighted by Gasteiger charge is 2.22. The monoisotopic (exact) mass is 402 g/mol. The van der Waals surface area contributed by atoms with Gasteiger partial charge in [-0.25, -0.2) is 0 Å². The molecule has 26 heavy (non-hydrogen) atoms. The van der Waals surface area contributed by atoms with E-state index in [-0.39, 0.29) is 36.8 Å². The number of likely N-dealkylation sites (tertiary alicyclic amines) is 1. The Hall–Kier alpha value is -1.01. The van der Waals surface area contributed by atoms with E-state index in [0.717, 1.165) is 57.7 Å². The molecule has 0 spiro atoms. The van der Waals surface area contributed by atoms with Crippen molar-refractivity contribution in [2.45, 2.75) is 38.8 Å².